The predicted molar refractivity (Wildman–Crippen MR) is 72.7 cm³/mol. The van der Waals surface area contributed by atoms with Crippen molar-refractivity contribution in [1.29, 1.82) is 0 Å². The molecule has 5 nitrogen and oxygen atoms in total. The number of nitrogen functional groups attached to an aromatic ring is 1. The summed E-state index contributed by atoms with van der Waals surface area (Å²) in [6.45, 7) is 5.64. The predicted octanol–water partition coefficient (Wildman–Crippen LogP) is 2.58. The highest BCUT2D eigenvalue weighted by Crippen LogP contribution is 2.21. The van der Waals surface area contributed by atoms with Gasteiger partial charge in [0.2, 0.25) is 0 Å². The van der Waals surface area contributed by atoms with E-state index in [1.807, 2.05) is 13.0 Å². The van der Waals surface area contributed by atoms with E-state index in [0.717, 1.165) is 16.0 Å². The molecule has 0 spiro atoms. The number of anilines is 2. The number of rotatable bonds is 3. The van der Waals surface area contributed by atoms with E-state index < -0.39 is 0 Å². The third-order valence-corrected chi connectivity index (χ3v) is 2.81. The molecular weight excluding hydrogens is 282 g/mol. The third kappa shape index (κ3) is 2.16. The molecule has 0 saturated heterocycles. The zero-order valence-corrected chi connectivity index (χ0v) is 10.9. The summed E-state index contributed by atoms with van der Waals surface area (Å²) in [5.74, 6) is 1.17. The number of aromatic nitrogens is 3. The van der Waals surface area contributed by atoms with Gasteiger partial charge in [-0.25, -0.2) is 4.98 Å². The average Bonchev–Trinajstić information content (AvgIpc) is 2.68. The summed E-state index contributed by atoms with van der Waals surface area (Å²) in [7, 11) is 0. The first-order chi connectivity index (χ1) is 8.15. The molecule has 0 atom stereocenters. The molecule has 0 aromatic carbocycles. The molecular formula is C11H12BrN5. The summed E-state index contributed by atoms with van der Waals surface area (Å²) in [6.07, 6.45) is 5.31. The Labute approximate surface area is 107 Å². The van der Waals surface area contributed by atoms with E-state index in [9.17, 15) is 0 Å². The van der Waals surface area contributed by atoms with Crippen molar-refractivity contribution in [3.63, 3.8) is 0 Å². The fourth-order valence-electron chi connectivity index (χ4n) is 1.43. The monoisotopic (exact) mass is 293 g/mol. The molecule has 17 heavy (non-hydrogen) atoms. The van der Waals surface area contributed by atoms with Gasteiger partial charge in [0.25, 0.3) is 0 Å². The van der Waals surface area contributed by atoms with E-state index >= 15 is 0 Å². The van der Waals surface area contributed by atoms with Crippen LogP contribution in [0.1, 0.15) is 6.92 Å². The number of hydrogen-bond acceptors (Lipinski definition) is 4. The maximum atomic E-state index is 5.75. The molecule has 2 aromatic heterocycles. The molecule has 0 radical (unpaired) electrons. The minimum Gasteiger partial charge on any atom is -0.384 e. The standard InChI is InChI=1S/C11H12BrN5/c1-3-7(4-2)15-10-5-9(13)16-11-8(12)6-14-17(10)11/h3-6,15H,1H2,2H3,(H2,13,16)/b7-4+. The molecule has 0 amide bonds. The molecule has 6 heteroatoms. The number of allylic oxidation sites excluding steroid dienone is 2. The van der Waals surface area contributed by atoms with E-state index in [4.69, 9.17) is 5.73 Å². The largest absolute Gasteiger partial charge is 0.384 e. The van der Waals surface area contributed by atoms with E-state index in [1.165, 1.54) is 0 Å². The molecule has 2 aromatic rings. The number of nitrogens with one attached hydrogen (secondary N) is 1. The van der Waals surface area contributed by atoms with Gasteiger partial charge in [-0.1, -0.05) is 12.7 Å². The highest BCUT2D eigenvalue weighted by atomic mass is 79.9. The summed E-state index contributed by atoms with van der Waals surface area (Å²) in [4.78, 5) is 4.20. The zero-order chi connectivity index (χ0) is 12.4. The first-order valence-electron chi connectivity index (χ1n) is 5.01. The second-order valence-corrected chi connectivity index (χ2v) is 4.22. The van der Waals surface area contributed by atoms with Crippen molar-refractivity contribution in [2.45, 2.75) is 6.92 Å². The lowest BCUT2D eigenvalue weighted by molar-refractivity contribution is 0.946. The summed E-state index contributed by atoms with van der Waals surface area (Å²) in [5, 5.41) is 7.39. The van der Waals surface area contributed by atoms with Crippen molar-refractivity contribution >= 4 is 33.2 Å². The van der Waals surface area contributed by atoms with Crippen LogP contribution in [-0.2, 0) is 0 Å². The smallest absolute Gasteiger partial charge is 0.173 e. The van der Waals surface area contributed by atoms with Crippen molar-refractivity contribution in [2.24, 2.45) is 0 Å². The van der Waals surface area contributed by atoms with E-state index in [2.05, 4.69) is 37.9 Å². The van der Waals surface area contributed by atoms with Crippen molar-refractivity contribution in [1.82, 2.24) is 14.6 Å². The summed E-state index contributed by atoms with van der Waals surface area (Å²) in [5.41, 5.74) is 7.30. The topological polar surface area (TPSA) is 68.2 Å². The lowest BCUT2D eigenvalue weighted by atomic mass is 10.4. The SMILES string of the molecule is C=C/C(=C\C)Nc1cc(N)nc2c(Br)cnn12. The fourth-order valence-corrected chi connectivity index (χ4v) is 1.78. The van der Waals surface area contributed by atoms with Gasteiger partial charge in [0.1, 0.15) is 11.6 Å². The van der Waals surface area contributed by atoms with Crippen LogP contribution in [0.4, 0.5) is 11.6 Å². The van der Waals surface area contributed by atoms with Gasteiger partial charge >= 0.3 is 0 Å². The van der Waals surface area contributed by atoms with Crippen LogP contribution >= 0.6 is 15.9 Å². The highest BCUT2D eigenvalue weighted by Gasteiger charge is 2.08. The Bertz CT molecular complexity index is 599. The Kier molecular flexibility index (Phi) is 3.14. The van der Waals surface area contributed by atoms with Gasteiger partial charge in [0.05, 0.1) is 10.7 Å². The van der Waals surface area contributed by atoms with Crippen LogP contribution in [0.3, 0.4) is 0 Å². The van der Waals surface area contributed by atoms with Crippen molar-refractivity contribution in [3.8, 4) is 0 Å². The molecule has 0 aliphatic heterocycles. The summed E-state index contributed by atoms with van der Waals surface area (Å²) < 4.78 is 2.47. The van der Waals surface area contributed by atoms with Gasteiger partial charge < -0.3 is 11.1 Å². The minimum atomic E-state index is 0.431. The Morgan fingerprint density at radius 1 is 1.65 bits per heavy atom. The fraction of sp³-hybridized carbons (Fsp3) is 0.0909. The average molecular weight is 294 g/mol. The second-order valence-electron chi connectivity index (χ2n) is 3.37. The van der Waals surface area contributed by atoms with Crippen molar-refractivity contribution in [2.75, 3.05) is 11.1 Å². The van der Waals surface area contributed by atoms with Gasteiger partial charge in [-0.3, -0.25) is 0 Å². The Balaban J connectivity index is 2.56. The van der Waals surface area contributed by atoms with Crippen LogP contribution < -0.4 is 11.1 Å². The van der Waals surface area contributed by atoms with Gasteiger partial charge in [-0.15, -0.1) is 0 Å². The molecule has 0 aliphatic carbocycles. The number of nitrogens with zero attached hydrogens (tertiary/aromatic N) is 3. The molecule has 88 valence electrons. The lowest BCUT2D eigenvalue weighted by Gasteiger charge is -2.09. The van der Waals surface area contributed by atoms with Crippen LogP contribution in [0, 0.1) is 0 Å². The molecule has 0 saturated carbocycles. The van der Waals surface area contributed by atoms with Crippen LogP contribution in [0.5, 0.6) is 0 Å². The normalized spacial score (nSPS) is 11.8. The maximum absolute atomic E-state index is 5.75. The van der Waals surface area contributed by atoms with Crippen LogP contribution in [-0.4, -0.2) is 14.6 Å². The third-order valence-electron chi connectivity index (χ3n) is 2.25. The Morgan fingerprint density at radius 2 is 2.41 bits per heavy atom. The minimum absolute atomic E-state index is 0.431. The van der Waals surface area contributed by atoms with E-state index in [-0.39, 0.29) is 0 Å². The molecule has 2 heterocycles. The first-order valence-corrected chi connectivity index (χ1v) is 5.80. The first kappa shape index (κ1) is 11.7. The van der Waals surface area contributed by atoms with Gasteiger partial charge in [-0.2, -0.15) is 9.61 Å². The quantitative estimate of drug-likeness (QED) is 0.854. The van der Waals surface area contributed by atoms with Gasteiger partial charge in [0, 0.05) is 11.8 Å². The van der Waals surface area contributed by atoms with Gasteiger partial charge in [-0.05, 0) is 28.9 Å². The van der Waals surface area contributed by atoms with E-state index in [0.29, 0.717) is 11.5 Å². The van der Waals surface area contributed by atoms with Crippen molar-refractivity contribution < 1.29 is 0 Å². The van der Waals surface area contributed by atoms with Crippen LogP contribution in [0.15, 0.2) is 41.2 Å². The lowest BCUT2D eigenvalue weighted by Crippen LogP contribution is -2.06. The molecule has 2 rings (SSSR count). The number of nitrogens with two attached hydrogens (primary N) is 1. The number of halogens is 1. The van der Waals surface area contributed by atoms with Crippen LogP contribution in [0.2, 0.25) is 0 Å². The zero-order valence-electron chi connectivity index (χ0n) is 9.31. The van der Waals surface area contributed by atoms with Gasteiger partial charge in [0.15, 0.2) is 5.65 Å². The summed E-state index contributed by atoms with van der Waals surface area (Å²) >= 11 is 3.37. The maximum Gasteiger partial charge on any atom is 0.173 e. The van der Waals surface area contributed by atoms with E-state index in [1.54, 1.807) is 22.9 Å². The molecule has 0 unspecified atom stereocenters. The van der Waals surface area contributed by atoms with Crippen molar-refractivity contribution in [3.05, 3.63) is 41.2 Å². The van der Waals surface area contributed by atoms with Crippen LogP contribution in [0.25, 0.3) is 5.65 Å². The molecule has 0 bridgehead atoms. The second kappa shape index (κ2) is 4.58. The Hall–Kier alpha value is -1.82. The summed E-state index contributed by atoms with van der Waals surface area (Å²) in [6, 6.07) is 1.72. The highest BCUT2D eigenvalue weighted by molar-refractivity contribution is 9.10. The number of fused-ring (bicyclic) bond motifs is 1. The molecule has 0 fully saturated rings. The number of hydrogen-bond donors (Lipinski definition) is 2. The Morgan fingerprint density at radius 3 is 3.06 bits per heavy atom. The molecule has 0 aliphatic rings. The molecule has 3 N–H and O–H groups in total.